The van der Waals surface area contributed by atoms with Crippen molar-refractivity contribution in [1.29, 1.82) is 0 Å². The fraction of sp³-hybridized carbons (Fsp3) is 0. The van der Waals surface area contributed by atoms with Gasteiger partial charge in [-0.3, -0.25) is 9.97 Å². The Morgan fingerprint density at radius 2 is 0.905 bits per heavy atom. The molecule has 8 rings (SSSR count). The molecule has 0 amide bonds. The zero-order chi connectivity index (χ0) is 27.9. The molecule has 3 heterocycles. The van der Waals surface area contributed by atoms with E-state index < -0.39 is 0 Å². The summed E-state index contributed by atoms with van der Waals surface area (Å²) < 4.78 is 0. The first-order chi connectivity index (χ1) is 20.8. The molecule has 0 spiro atoms. The number of nitrogens with zero attached hydrogens (tertiary/aromatic N) is 4. The van der Waals surface area contributed by atoms with Gasteiger partial charge in [0.25, 0.3) is 0 Å². The van der Waals surface area contributed by atoms with Crippen LogP contribution in [0.5, 0.6) is 0 Å². The van der Waals surface area contributed by atoms with Gasteiger partial charge < -0.3 is 0 Å². The van der Waals surface area contributed by atoms with Gasteiger partial charge in [0.05, 0.1) is 46.2 Å². The highest BCUT2D eigenvalue weighted by Crippen LogP contribution is 2.32. The van der Waals surface area contributed by atoms with Crippen LogP contribution in [0.2, 0.25) is 0 Å². The molecular formula is C38H24N4. The molecule has 8 aromatic rings. The first-order valence-corrected chi connectivity index (χ1v) is 14.0. The maximum absolute atomic E-state index is 5.18. The summed E-state index contributed by atoms with van der Waals surface area (Å²) in [5.74, 6) is 0. The van der Waals surface area contributed by atoms with Gasteiger partial charge in [0.15, 0.2) is 0 Å². The van der Waals surface area contributed by atoms with Crippen molar-refractivity contribution >= 4 is 32.6 Å². The van der Waals surface area contributed by atoms with Crippen molar-refractivity contribution in [3.63, 3.8) is 0 Å². The SMILES string of the molecule is c1ccc(-c2cnc(-c3cccc(-c4ccc5ccc6ccc(-c7cccc8ccccc78)nc6c5n4)c3)cn2)cc1. The van der Waals surface area contributed by atoms with E-state index in [2.05, 4.69) is 102 Å². The minimum absolute atomic E-state index is 0.823. The Bertz CT molecular complexity index is 2230. The Labute approximate surface area is 243 Å². The van der Waals surface area contributed by atoms with E-state index in [9.17, 15) is 0 Å². The van der Waals surface area contributed by atoms with E-state index >= 15 is 0 Å². The third-order valence-corrected chi connectivity index (χ3v) is 7.76. The van der Waals surface area contributed by atoms with Crippen LogP contribution in [0.4, 0.5) is 0 Å². The van der Waals surface area contributed by atoms with Crippen LogP contribution >= 0.6 is 0 Å². The lowest BCUT2D eigenvalue weighted by molar-refractivity contribution is 1.21. The Morgan fingerprint density at radius 1 is 0.357 bits per heavy atom. The van der Waals surface area contributed by atoms with Crippen molar-refractivity contribution in [2.75, 3.05) is 0 Å². The van der Waals surface area contributed by atoms with Gasteiger partial charge in [-0.2, -0.15) is 0 Å². The van der Waals surface area contributed by atoms with E-state index in [1.54, 1.807) is 0 Å². The lowest BCUT2D eigenvalue weighted by atomic mass is 10.0. The fourth-order valence-electron chi connectivity index (χ4n) is 5.60. The maximum Gasteiger partial charge on any atom is 0.0972 e. The average Bonchev–Trinajstić information content (AvgIpc) is 3.08. The first-order valence-electron chi connectivity index (χ1n) is 14.0. The minimum atomic E-state index is 0.823. The van der Waals surface area contributed by atoms with Gasteiger partial charge in [0.2, 0.25) is 0 Å². The Morgan fingerprint density at radius 3 is 1.67 bits per heavy atom. The van der Waals surface area contributed by atoms with E-state index in [0.717, 1.165) is 66.8 Å². The van der Waals surface area contributed by atoms with Crippen LogP contribution in [0.3, 0.4) is 0 Å². The zero-order valence-corrected chi connectivity index (χ0v) is 22.6. The number of hydrogen-bond acceptors (Lipinski definition) is 4. The Kier molecular flexibility index (Phi) is 5.75. The van der Waals surface area contributed by atoms with Gasteiger partial charge in [0.1, 0.15) is 0 Å². The molecule has 0 aliphatic heterocycles. The minimum Gasteiger partial charge on any atom is -0.252 e. The standard InChI is InChI=1S/C38H24N4/c1-2-9-26(10-3-1)35-23-40-36(24-39-35)30-13-6-12-29(22-30)33-20-18-27-16-17-28-19-21-34(42-38(28)37(27)41-33)32-15-7-11-25-8-4-5-14-31(25)32/h1-24H. The van der Waals surface area contributed by atoms with Crippen LogP contribution in [0.25, 0.3) is 77.6 Å². The summed E-state index contributed by atoms with van der Waals surface area (Å²) in [4.78, 5) is 19.7. The van der Waals surface area contributed by atoms with Crippen molar-refractivity contribution in [3.8, 4) is 45.0 Å². The summed E-state index contributed by atoms with van der Waals surface area (Å²) in [5.41, 5.74) is 9.49. The van der Waals surface area contributed by atoms with E-state index in [1.807, 2.05) is 48.8 Å². The van der Waals surface area contributed by atoms with Crippen molar-refractivity contribution in [3.05, 3.63) is 146 Å². The number of aromatic nitrogens is 4. The molecule has 0 aliphatic rings. The topological polar surface area (TPSA) is 51.6 Å². The van der Waals surface area contributed by atoms with Gasteiger partial charge in [-0.1, -0.05) is 115 Å². The molecule has 0 unspecified atom stereocenters. The van der Waals surface area contributed by atoms with Crippen molar-refractivity contribution < 1.29 is 0 Å². The second kappa shape index (κ2) is 10.0. The van der Waals surface area contributed by atoms with Crippen molar-refractivity contribution in [2.45, 2.75) is 0 Å². The molecule has 0 radical (unpaired) electrons. The summed E-state index contributed by atoms with van der Waals surface area (Å²) in [6.07, 6.45) is 3.67. The summed E-state index contributed by atoms with van der Waals surface area (Å²) >= 11 is 0. The molecule has 42 heavy (non-hydrogen) atoms. The van der Waals surface area contributed by atoms with Crippen LogP contribution in [0, 0.1) is 0 Å². The molecule has 4 heteroatoms. The average molecular weight is 537 g/mol. The van der Waals surface area contributed by atoms with E-state index in [1.165, 1.54) is 10.8 Å². The van der Waals surface area contributed by atoms with Gasteiger partial charge in [-0.05, 0) is 29.0 Å². The summed E-state index contributed by atoms with van der Waals surface area (Å²) in [7, 11) is 0. The summed E-state index contributed by atoms with van der Waals surface area (Å²) in [6, 6.07) is 45.9. The highest BCUT2D eigenvalue weighted by molar-refractivity contribution is 6.05. The molecule has 0 bridgehead atoms. The number of pyridine rings is 2. The lowest BCUT2D eigenvalue weighted by Gasteiger charge is -2.10. The third kappa shape index (κ3) is 4.27. The molecule has 0 N–H and O–H groups in total. The smallest absolute Gasteiger partial charge is 0.0972 e. The second-order valence-electron chi connectivity index (χ2n) is 10.4. The highest BCUT2D eigenvalue weighted by Gasteiger charge is 2.11. The molecule has 4 nitrogen and oxygen atoms in total. The third-order valence-electron chi connectivity index (χ3n) is 7.76. The normalized spacial score (nSPS) is 11.3. The van der Waals surface area contributed by atoms with Gasteiger partial charge >= 0.3 is 0 Å². The van der Waals surface area contributed by atoms with E-state index in [0.29, 0.717) is 0 Å². The predicted molar refractivity (Wildman–Crippen MR) is 172 cm³/mol. The van der Waals surface area contributed by atoms with Crippen LogP contribution in [-0.2, 0) is 0 Å². The van der Waals surface area contributed by atoms with E-state index in [-0.39, 0.29) is 0 Å². The lowest BCUT2D eigenvalue weighted by Crippen LogP contribution is -1.92. The van der Waals surface area contributed by atoms with Crippen molar-refractivity contribution in [2.24, 2.45) is 0 Å². The quantitative estimate of drug-likeness (QED) is 0.210. The molecular weight excluding hydrogens is 512 g/mol. The largest absolute Gasteiger partial charge is 0.252 e. The molecule has 0 atom stereocenters. The first kappa shape index (κ1) is 24.1. The molecule has 0 fully saturated rings. The molecule has 0 aliphatic carbocycles. The van der Waals surface area contributed by atoms with E-state index in [4.69, 9.17) is 15.0 Å². The summed E-state index contributed by atoms with van der Waals surface area (Å²) in [6.45, 7) is 0. The zero-order valence-electron chi connectivity index (χ0n) is 22.6. The fourth-order valence-corrected chi connectivity index (χ4v) is 5.60. The Balaban J connectivity index is 1.21. The molecule has 3 aromatic heterocycles. The van der Waals surface area contributed by atoms with Crippen molar-refractivity contribution in [1.82, 2.24) is 19.9 Å². The number of fused-ring (bicyclic) bond motifs is 4. The highest BCUT2D eigenvalue weighted by atomic mass is 14.8. The Hall–Kier alpha value is -5.74. The molecule has 5 aromatic carbocycles. The van der Waals surface area contributed by atoms with Gasteiger partial charge in [-0.25, -0.2) is 9.97 Å². The molecule has 196 valence electrons. The van der Waals surface area contributed by atoms with Gasteiger partial charge in [0, 0.05) is 33.0 Å². The van der Waals surface area contributed by atoms with Crippen LogP contribution in [-0.4, -0.2) is 19.9 Å². The van der Waals surface area contributed by atoms with Gasteiger partial charge in [-0.15, -0.1) is 0 Å². The second-order valence-corrected chi connectivity index (χ2v) is 10.4. The predicted octanol–water partition coefficient (Wildman–Crippen LogP) is 9.39. The maximum atomic E-state index is 5.18. The van der Waals surface area contributed by atoms with Crippen LogP contribution < -0.4 is 0 Å². The molecule has 0 saturated carbocycles. The number of hydrogen-bond donors (Lipinski definition) is 0. The molecule has 0 saturated heterocycles. The van der Waals surface area contributed by atoms with Crippen LogP contribution in [0.15, 0.2) is 146 Å². The number of rotatable bonds is 4. The monoisotopic (exact) mass is 536 g/mol. The number of benzene rings is 5. The summed E-state index contributed by atoms with van der Waals surface area (Å²) in [5, 5.41) is 4.53. The van der Waals surface area contributed by atoms with Crippen LogP contribution in [0.1, 0.15) is 0 Å².